The summed E-state index contributed by atoms with van der Waals surface area (Å²) >= 11 is 0. The van der Waals surface area contributed by atoms with Gasteiger partial charge in [-0.2, -0.15) is 0 Å². The summed E-state index contributed by atoms with van der Waals surface area (Å²) in [4.78, 5) is 14.2. The quantitative estimate of drug-likeness (QED) is 0.906. The second-order valence-electron chi connectivity index (χ2n) is 5.22. The molecule has 2 heterocycles. The van der Waals surface area contributed by atoms with Gasteiger partial charge in [-0.1, -0.05) is 30.3 Å². The van der Waals surface area contributed by atoms with Crippen molar-refractivity contribution in [1.29, 1.82) is 0 Å². The highest BCUT2D eigenvalue weighted by Crippen LogP contribution is 2.23. The minimum absolute atomic E-state index is 0.00812. The lowest BCUT2D eigenvalue weighted by molar-refractivity contribution is 0.0756. The minimum atomic E-state index is -0.382. The van der Waals surface area contributed by atoms with E-state index in [4.69, 9.17) is 0 Å². The summed E-state index contributed by atoms with van der Waals surface area (Å²) in [5.41, 5.74) is 2.78. The van der Waals surface area contributed by atoms with Gasteiger partial charge >= 0.3 is 0 Å². The first-order chi connectivity index (χ1) is 9.66. The molecule has 3 rings (SSSR count). The molecule has 0 radical (unpaired) electrons. The highest BCUT2D eigenvalue weighted by molar-refractivity contribution is 5.94. The average molecular weight is 270 g/mol. The first kappa shape index (κ1) is 12.9. The average Bonchev–Trinajstić information content (AvgIpc) is 3.05. The van der Waals surface area contributed by atoms with E-state index in [2.05, 4.69) is 0 Å². The number of β-amino-alcohol motifs (C(OH)–C–C–N with tert-alkyl or cyclic N) is 1. The van der Waals surface area contributed by atoms with E-state index in [-0.39, 0.29) is 12.0 Å². The molecule has 0 unspecified atom stereocenters. The number of carbonyl (C=O) groups is 1. The second-order valence-corrected chi connectivity index (χ2v) is 5.22. The Kier molecular flexibility index (Phi) is 3.32. The number of hydrogen-bond donors (Lipinski definition) is 1. The van der Waals surface area contributed by atoms with E-state index in [0.29, 0.717) is 25.2 Å². The van der Waals surface area contributed by atoms with E-state index in [1.807, 2.05) is 54.1 Å². The van der Waals surface area contributed by atoms with Gasteiger partial charge in [0.25, 0.3) is 5.91 Å². The molecular formula is C16H18N2O2. The van der Waals surface area contributed by atoms with Gasteiger partial charge in [0.05, 0.1) is 6.10 Å². The number of amides is 1. The normalized spacial score (nSPS) is 18.5. The second kappa shape index (κ2) is 5.13. The van der Waals surface area contributed by atoms with Crippen LogP contribution in [0.15, 0.2) is 42.5 Å². The molecule has 0 saturated carbocycles. The Balaban J connectivity index is 1.89. The molecule has 1 saturated heterocycles. The molecule has 4 heteroatoms. The Labute approximate surface area is 118 Å². The van der Waals surface area contributed by atoms with Crippen molar-refractivity contribution in [3.63, 3.8) is 0 Å². The van der Waals surface area contributed by atoms with Crippen LogP contribution in [-0.2, 0) is 7.05 Å². The van der Waals surface area contributed by atoms with Crippen LogP contribution < -0.4 is 0 Å². The van der Waals surface area contributed by atoms with Crippen molar-refractivity contribution in [3.05, 3.63) is 48.2 Å². The molecule has 2 aromatic rings. The highest BCUT2D eigenvalue weighted by Gasteiger charge is 2.27. The van der Waals surface area contributed by atoms with E-state index in [0.717, 1.165) is 11.3 Å². The molecule has 1 aromatic carbocycles. The van der Waals surface area contributed by atoms with Crippen LogP contribution in [0, 0.1) is 0 Å². The number of carbonyl (C=O) groups excluding carboxylic acids is 1. The number of aromatic nitrogens is 1. The summed E-state index contributed by atoms with van der Waals surface area (Å²) in [6, 6.07) is 13.8. The predicted molar refractivity (Wildman–Crippen MR) is 77.4 cm³/mol. The molecule has 1 aliphatic rings. The Morgan fingerprint density at radius 3 is 2.60 bits per heavy atom. The fraction of sp³-hybridized carbons (Fsp3) is 0.312. The van der Waals surface area contributed by atoms with Crippen LogP contribution >= 0.6 is 0 Å². The Hall–Kier alpha value is -2.07. The number of benzene rings is 1. The third-order valence-electron chi connectivity index (χ3n) is 3.86. The zero-order valence-corrected chi connectivity index (χ0v) is 11.5. The summed E-state index contributed by atoms with van der Waals surface area (Å²) in [6.07, 6.45) is 0.287. The molecule has 104 valence electrons. The number of aliphatic hydroxyl groups excluding tert-OH is 1. The molecule has 0 bridgehead atoms. The van der Waals surface area contributed by atoms with Gasteiger partial charge in [0.15, 0.2) is 0 Å². The molecular weight excluding hydrogens is 252 g/mol. The number of nitrogens with zero attached hydrogens (tertiary/aromatic N) is 2. The summed E-state index contributed by atoms with van der Waals surface area (Å²) < 4.78 is 1.92. The van der Waals surface area contributed by atoms with Crippen molar-refractivity contribution in [2.75, 3.05) is 13.1 Å². The molecule has 1 fully saturated rings. The van der Waals surface area contributed by atoms with Crippen LogP contribution in [0.5, 0.6) is 0 Å². The van der Waals surface area contributed by atoms with Gasteiger partial charge in [0.1, 0.15) is 5.69 Å². The molecule has 4 nitrogen and oxygen atoms in total. The molecule has 0 spiro atoms. The van der Waals surface area contributed by atoms with Crippen LogP contribution in [0.4, 0.5) is 0 Å². The van der Waals surface area contributed by atoms with E-state index in [1.165, 1.54) is 0 Å². The van der Waals surface area contributed by atoms with E-state index in [9.17, 15) is 9.90 Å². The molecule has 20 heavy (non-hydrogen) atoms. The van der Waals surface area contributed by atoms with Gasteiger partial charge in [0, 0.05) is 25.8 Å². The fourth-order valence-electron chi connectivity index (χ4n) is 2.71. The fourth-order valence-corrected chi connectivity index (χ4v) is 2.71. The predicted octanol–water partition coefficient (Wildman–Crippen LogP) is 1.90. The molecule has 1 amide bonds. The van der Waals surface area contributed by atoms with Crippen molar-refractivity contribution < 1.29 is 9.90 Å². The standard InChI is InChI=1S/C16H18N2O2/c1-17-14(12-5-3-2-4-6-12)7-8-15(17)16(20)18-10-9-13(19)11-18/h2-8,13,19H,9-11H2,1H3/t13-/m1/s1. The molecule has 0 aliphatic carbocycles. The van der Waals surface area contributed by atoms with Gasteiger partial charge in [-0.3, -0.25) is 4.79 Å². The maximum absolute atomic E-state index is 12.5. The Morgan fingerprint density at radius 2 is 1.95 bits per heavy atom. The largest absolute Gasteiger partial charge is 0.391 e. The smallest absolute Gasteiger partial charge is 0.270 e. The topological polar surface area (TPSA) is 45.5 Å². The van der Waals surface area contributed by atoms with Crippen molar-refractivity contribution in [2.24, 2.45) is 7.05 Å². The highest BCUT2D eigenvalue weighted by atomic mass is 16.3. The van der Waals surface area contributed by atoms with E-state index < -0.39 is 0 Å². The maximum atomic E-state index is 12.5. The lowest BCUT2D eigenvalue weighted by Crippen LogP contribution is -2.30. The van der Waals surface area contributed by atoms with Crippen LogP contribution in [0.3, 0.4) is 0 Å². The number of likely N-dealkylation sites (tertiary alicyclic amines) is 1. The van der Waals surface area contributed by atoms with E-state index >= 15 is 0 Å². The van der Waals surface area contributed by atoms with Gasteiger partial charge < -0.3 is 14.6 Å². The first-order valence-corrected chi connectivity index (χ1v) is 6.85. The Morgan fingerprint density at radius 1 is 1.20 bits per heavy atom. The van der Waals surface area contributed by atoms with Gasteiger partial charge in [-0.15, -0.1) is 0 Å². The van der Waals surface area contributed by atoms with Crippen LogP contribution in [0.1, 0.15) is 16.9 Å². The third kappa shape index (κ3) is 2.23. The maximum Gasteiger partial charge on any atom is 0.270 e. The number of rotatable bonds is 2. The van der Waals surface area contributed by atoms with Crippen LogP contribution in [0.25, 0.3) is 11.3 Å². The minimum Gasteiger partial charge on any atom is -0.391 e. The summed E-state index contributed by atoms with van der Waals surface area (Å²) in [5.74, 6) is -0.00812. The lowest BCUT2D eigenvalue weighted by atomic mass is 10.2. The lowest BCUT2D eigenvalue weighted by Gasteiger charge is -2.16. The van der Waals surface area contributed by atoms with Crippen LogP contribution in [-0.4, -0.2) is 39.7 Å². The first-order valence-electron chi connectivity index (χ1n) is 6.85. The van der Waals surface area contributed by atoms with Gasteiger partial charge in [0.2, 0.25) is 0 Å². The third-order valence-corrected chi connectivity index (χ3v) is 3.86. The summed E-state index contributed by atoms with van der Waals surface area (Å²) in [7, 11) is 1.90. The van der Waals surface area contributed by atoms with E-state index in [1.54, 1.807) is 4.90 Å². The van der Waals surface area contributed by atoms with Crippen molar-refractivity contribution in [3.8, 4) is 11.3 Å². The molecule has 1 atom stereocenters. The monoisotopic (exact) mass is 270 g/mol. The van der Waals surface area contributed by atoms with Crippen molar-refractivity contribution in [1.82, 2.24) is 9.47 Å². The number of aliphatic hydroxyl groups is 1. The summed E-state index contributed by atoms with van der Waals surface area (Å²) in [6.45, 7) is 1.07. The van der Waals surface area contributed by atoms with Gasteiger partial charge in [-0.05, 0) is 24.1 Å². The van der Waals surface area contributed by atoms with Crippen molar-refractivity contribution in [2.45, 2.75) is 12.5 Å². The molecule has 1 aliphatic heterocycles. The Bertz CT molecular complexity index is 619. The molecule has 1 aromatic heterocycles. The van der Waals surface area contributed by atoms with Crippen LogP contribution in [0.2, 0.25) is 0 Å². The molecule has 1 N–H and O–H groups in total. The zero-order chi connectivity index (χ0) is 14.1. The van der Waals surface area contributed by atoms with Crippen molar-refractivity contribution >= 4 is 5.91 Å². The van der Waals surface area contributed by atoms with Gasteiger partial charge in [-0.25, -0.2) is 0 Å². The SMILES string of the molecule is Cn1c(C(=O)N2CC[C@@H](O)C2)ccc1-c1ccccc1. The zero-order valence-electron chi connectivity index (χ0n) is 11.5. The number of hydrogen-bond acceptors (Lipinski definition) is 2. The summed E-state index contributed by atoms with van der Waals surface area (Å²) in [5, 5.41) is 9.55.